The second-order valence-corrected chi connectivity index (χ2v) is 5.26. The summed E-state index contributed by atoms with van der Waals surface area (Å²) >= 11 is 0. The van der Waals surface area contributed by atoms with Crippen LogP contribution >= 0.6 is 0 Å². The Balaban J connectivity index is 1.58. The van der Waals surface area contributed by atoms with Gasteiger partial charge in [-0.1, -0.05) is 30.3 Å². The molecule has 0 spiro atoms. The van der Waals surface area contributed by atoms with Crippen molar-refractivity contribution in [2.45, 2.75) is 25.4 Å². The molecule has 3 rings (SSSR count). The van der Waals surface area contributed by atoms with Gasteiger partial charge < -0.3 is 10.6 Å². The Morgan fingerprint density at radius 3 is 2.95 bits per heavy atom. The van der Waals surface area contributed by atoms with Gasteiger partial charge in [0.2, 0.25) is 5.91 Å². The number of rotatable bonds is 4. The van der Waals surface area contributed by atoms with Crippen molar-refractivity contribution in [3.05, 3.63) is 65.5 Å². The number of nitrogens with one attached hydrogen (secondary N) is 2. The van der Waals surface area contributed by atoms with Crippen LogP contribution in [0.5, 0.6) is 0 Å². The summed E-state index contributed by atoms with van der Waals surface area (Å²) in [7, 11) is 0. The summed E-state index contributed by atoms with van der Waals surface area (Å²) in [4.78, 5) is 16.3. The van der Waals surface area contributed by atoms with Gasteiger partial charge in [-0.15, -0.1) is 0 Å². The molecule has 1 aromatic heterocycles. The van der Waals surface area contributed by atoms with Gasteiger partial charge >= 0.3 is 0 Å². The molecule has 0 fully saturated rings. The van der Waals surface area contributed by atoms with E-state index in [4.69, 9.17) is 0 Å². The largest absolute Gasteiger partial charge is 0.350 e. The molecule has 1 atom stereocenters. The number of aromatic nitrogens is 1. The van der Waals surface area contributed by atoms with E-state index in [1.807, 2.05) is 24.3 Å². The molecule has 2 aromatic rings. The average molecular weight is 281 g/mol. The Kier molecular flexibility index (Phi) is 4.26. The molecule has 108 valence electrons. The van der Waals surface area contributed by atoms with Crippen LogP contribution in [0.1, 0.15) is 29.3 Å². The third-order valence-electron chi connectivity index (χ3n) is 3.80. The molecule has 4 nitrogen and oxygen atoms in total. The molecule has 1 aliphatic heterocycles. The minimum absolute atomic E-state index is 0.0508. The minimum Gasteiger partial charge on any atom is -0.350 e. The van der Waals surface area contributed by atoms with Crippen molar-refractivity contribution < 1.29 is 4.79 Å². The Bertz CT molecular complexity index is 612. The van der Waals surface area contributed by atoms with Crippen molar-refractivity contribution in [3.8, 4) is 0 Å². The van der Waals surface area contributed by atoms with E-state index in [-0.39, 0.29) is 11.9 Å². The number of pyridine rings is 1. The van der Waals surface area contributed by atoms with Crippen LogP contribution in [-0.4, -0.2) is 17.4 Å². The van der Waals surface area contributed by atoms with Gasteiger partial charge in [0.05, 0.1) is 12.2 Å². The first kappa shape index (κ1) is 13.8. The van der Waals surface area contributed by atoms with Crippen molar-refractivity contribution in [3.63, 3.8) is 0 Å². The number of fused-ring (bicyclic) bond motifs is 1. The highest BCUT2D eigenvalue weighted by Gasteiger charge is 2.21. The summed E-state index contributed by atoms with van der Waals surface area (Å²) in [5, 5.41) is 6.36. The second kappa shape index (κ2) is 6.50. The molecule has 0 bridgehead atoms. The van der Waals surface area contributed by atoms with Crippen molar-refractivity contribution in [2.24, 2.45) is 0 Å². The van der Waals surface area contributed by atoms with E-state index >= 15 is 0 Å². The average Bonchev–Trinajstić information content (AvgIpc) is 2.54. The predicted molar refractivity (Wildman–Crippen MR) is 81.6 cm³/mol. The zero-order chi connectivity index (χ0) is 14.5. The summed E-state index contributed by atoms with van der Waals surface area (Å²) in [5.41, 5.74) is 3.47. The first-order chi connectivity index (χ1) is 10.3. The maximum absolute atomic E-state index is 12.1. The number of carbonyl (C=O) groups is 1. The summed E-state index contributed by atoms with van der Waals surface area (Å²) < 4.78 is 0. The van der Waals surface area contributed by atoms with E-state index in [0.717, 1.165) is 18.7 Å². The molecule has 0 aliphatic carbocycles. The first-order valence-electron chi connectivity index (χ1n) is 7.31. The molecule has 1 amide bonds. The zero-order valence-electron chi connectivity index (χ0n) is 11.9. The quantitative estimate of drug-likeness (QED) is 0.901. The third kappa shape index (κ3) is 3.47. The SMILES string of the molecule is O=C(CC1NCCc2ccccc21)NCc1ccccn1. The van der Waals surface area contributed by atoms with Gasteiger partial charge in [-0.05, 0) is 36.2 Å². The standard InChI is InChI=1S/C17H19N3O/c21-17(20-12-14-6-3-4-9-18-14)11-16-15-7-2-1-5-13(15)8-10-19-16/h1-7,9,16,19H,8,10-12H2,(H,20,21). The summed E-state index contributed by atoms with van der Waals surface area (Å²) in [6, 6.07) is 14.2. The summed E-state index contributed by atoms with van der Waals surface area (Å²) in [6.07, 6.45) is 3.23. The normalized spacial score (nSPS) is 17.0. The molecule has 2 N–H and O–H groups in total. The number of benzene rings is 1. The fourth-order valence-corrected chi connectivity index (χ4v) is 2.72. The lowest BCUT2D eigenvalue weighted by Crippen LogP contribution is -2.34. The van der Waals surface area contributed by atoms with Crippen molar-refractivity contribution in [1.82, 2.24) is 15.6 Å². The monoisotopic (exact) mass is 281 g/mol. The van der Waals surface area contributed by atoms with Gasteiger partial charge in [-0.3, -0.25) is 9.78 Å². The molecular formula is C17H19N3O. The molecule has 2 heterocycles. The number of amides is 1. The maximum Gasteiger partial charge on any atom is 0.222 e. The highest BCUT2D eigenvalue weighted by molar-refractivity contribution is 5.76. The molecular weight excluding hydrogens is 262 g/mol. The van der Waals surface area contributed by atoms with E-state index < -0.39 is 0 Å². The summed E-state index contributed by atoms with van der Waals surface area (Å²) in [5.74, 6) is 0.0508. The van der Waals surface area contributed by atoms with Crippen LogP contribution in [-0.2, 0) is 17.8 Å². The van der Waals surface area contributed by atoms with Gasteiger partial charge in [0.1, 0.15) is 0 Å². The van der Waals surface area contributed by atoms with Gasteiger partial charge in [0, 0.05) is 18.7 Å². The van der Waals surface area contributed by atoms with Crippen LogP contribution in [0.4, 0.5) is 0 Å². The zero-order valence-corrected chi connectivity index (χ0v) is 11.9. The van der Waals surface area contributed by atoms with Crippen LogP contribution in [0.25, 0.3) is 0 Å². The molecule has 21 heavy (non-hydrogen) atoms. The van der Waals surface area contributed by atoms with Crippen molar-refractivity contribution >= 4 is 5.91 Å². The molecule has 0 saturated heterocycles. The smallest absolute Gasteiger partial charge is 0.222 e. The Morgan fingerprint density at radius 2 is 2.10 bits per heavy atom. The topological polar surface area (TPSA) is 54.0 Å². The van der Waals surface area contributed by atoms with E-state index in [9.17, 15) is 4.79 Å². The molecule has 0 saturated carbocycles. The fourth-order valence-electron chi connectivity index (χ4n) is 2.72. The highest BCUT2D eigenvalue weighted by Crippen LogP contribution is 2.24. The maximum atomic E-state index is 12.1. The molecule has 1 unspecified atom stereocenters. The lowest BCUT2D eigenvalue weighted by Gasteiger charge is -2.26. The Morgan fingerprint density at radius 1 is 1.24 bits per heavy atom. The Hall–Kier alpha value is -2.20. The van der Waals surface area contributed by atoms with E-state index in [1.54, 1.807) is 6.20 Å². The van der Waals surface area contributed by atoms with Gasteiger partial charge in [-0.2, -0.15) is 0 Å². The van der Waals surface area contributed by atoms with E-state index in [0.29, 0.717) is 13.0 Å². The molecule has 1 aromatic carbocycles. The Labute approximate surface area is 124 Å². The van der Waals surface area contributed by atoms with E-state index in [1.165, 1.54) is 11.1 Å². The lowest BCUT2D eigenvalue weighted by atomic mass is 9.92. The van der Waals surface area contributed by atoms with E-state index in [2.05, 4.69) is 33.8 Å². The van der Waals surface area contributed by atoms with Crippen LogP contribution < -0.4 is 10.6 Å². The van der Waals surface area contributed by atoms with Crippen LogP contribution in [0.2, 0.25) is 0 Å². The lowest BCUT2D eigenvalue weighted by molar-refractivity contribution is -0.121. The van der Waals surface area contributed by atoms with Crippen LogP contribution in [0.15, 0.2) is 48.7 Å². The van der Waals surface area contributed by atoms with Gasteiger partial charge in [-0.25, -0.2) is 0 Å². The van der Waals surface area contributed by atoms with Gasteiger partial charge in [0.15, 0.2) is 0 Å². The first-order valence-corrected chi connectivity index (χ1v) is 7.31. The summed E-state index contributed by atoms with van der Waals surface area (Å²) in [6.45, 7) is 1.41. The number of nitrogens with zero attached hydrogens (tertiary/aromatic N) is 1. The second-order valence-electron chi connectivity index (χ2n) is 5.26. The highest BCUT2D eigenvalue weighted by atomic mass is 16.1. The number of hydrogen-bond donors (Lipinski definition) is 2. The fraction of sp³-hybridized carbons (Fsp3) is 0.294. The van der Waals surface area contributed by atoms with Gasteiger partial charge in [0.25, 0.3) is 0 Å². The third-order valence-corrected chi connectivity index (χ3v) is 3.80. The number of hydrogen-bond acceptors (Lipinski definition) is 3. The van der Waals surface area contributed by atoms with Crippen molar-refractivity contribution in [2.75, 3.05) is 6.54 Å². The predicted octanol–water partition coefficient (Wildman–Crippen LogP) is 1.97. The molecule has 1 aliphatic rings. The number of carbonyl (C=O) groups excluding carboxylic acids is 1. The van der Waals surface area contributed by atoms with Crippen molar-refractivity contribution in [1.29, 1.82) is 0 Å². The molecule has 0 radical (unpaired) electrons. The van der Waals surface area contributed by atoms with Crippen LogP contribution in [0.3, 0.4) is 0 Å². The molecule has 4 heteroatoms. The van der Waals surface area contributed by atoms with Crippen LogP contribution in [0, 0.1) is 0 Å². The minimum atomic E-state index is 0.0508.